The van der Waals surface area contributed by atoms with E-state index in [1.54, 1.807) is 0 Å². The van der Waals surface area contributed by atoms with Crippen LogP contribution in [-0.4, -0.2) is 19.9 Å². The van der Waals surface area contributed by atoms with Crippen molar-refractivity contribution in [3.63, 3.8) is 0 Å². The van der Waals surface area contributed by atoms with Gasteiger partial charge in [0.1, 0.15) is 0 Å². The molecule has 0 heterocycles. The molecule has 0 amide bonds. The van der Waals surface area contributed by atoms with E-state index in [1.807, 2.05) is 13.0 Å². The normalized spacial score (nSPS) is 25.3. The van der Waals surface area contributed by atoms with Gasteiger partial charge in [0.25, 0.3) is 0 Å². The van der Waals surface area contributed by atoms with Crippen molar-refractivity contribution < 1.29 is 8.42 Å². The van der Waals surface area contributed by atoms with Crippen molar-refractivity contribution >= 4 is 9.84 Å². The van der Waals surface area contributed by atoms with Crippen LogP contribution in [0.3, 0.4) is 0 Å². The van der Waals surface area contributed by atoms with Crippen LogP contribution in [0.2, 0.25) is 0 Å². The van der Waals surface area contributed by atoms with Gasteiger partial charge < -0.3 is 0 Å². The van der Waals surface area contributed by atoms with Crippen LogP contribution in [-0.2, 0) is 9.84 Å². The van der Waals surface area contributed by atoms with Gasteiger partial charge in [0, 0.05) is 6.26 Å². The average molecular weight is 186 g/mol. The largest absolute Gasteiger partial charge is 0.229 e. The smallest absolute Gasteiger partial charge is 0.150 e. The molecule has 1 unspecified atom stereocenters. The molecule has 1 rings (SSSR count). The molecule has 0 bridgehead atoms. The van der Waals surface area contributed by atoms with E-state index in [0.717, 1.165) is 11.1 Å². The Bertz CT molecular complexity index is 322. The molecule has 1 atom stereocenters. The fraction of sp³-hybridized carbons (Fsp3) is 0.556. The molecule has 2 nitrogen and oxygen atoms in total. The molecule has 0 N–H and O–H groups in total. The summed E-state index contributed by atoms with van der Waals surface area (Å²) in [5.74, 6) is 0. The van der Waals surface area contributed by atoms with Gasteiger partial charge in [-0.25, -0.2) is 8.42 Å². The second-order valence-electron chi connectivity index (χ2n) is 3.51. The van der Waals surface area contributed by atoms with Crippen LogP contribution in [0.5, 0.6) is 0 Å². The van der Waals surface area contributed by atoms with Gasteiger partial charge in [-0.15, -0.1) is 0 Å². The molecule has 0 radical (unpaired) electrons. The Labute approximate surface area is 73.9 Å². The second-order valence-corrected chi connectivity index (χ2v) is 5.83. The molecular weight excluding hydrogens is 172 g/mol. The molecule has 0 aromatic rings. The lowest BCUT2D eigenvalue weighted by molar-refractivity contribution is 0.580. The first-order chi connectivity index (χ1) is 5.39. The summed E-state index contributed by atoms with van der Waals surface area (Å²) in [6, 6.07) is 0. The summed E-state index contributed by atoms with van der Waals surface area (Å²) in [6.45, 7) is 5.73. The Balaban J connectivity index is 2.89. The molecule has 0 spiro atoms. The molecule has 0 fully saturated rings. The summed E-state index contributed by atoms with van der Waals surface area (Å²) in [7, 11) is -2.89. The first kappa shape index (κ1) is 9.52. The summed E-state index contributed by atoms with van der Waals surface area (Å²) in [6.07, 6.45) is 4.53. The first-order valence-electron chi connectivity index (χ1n) is 3.93. The number of rotatable bonds is 1. The average Bonchev–Trinajstić information content (AvgIpc) is 1.82. The van der Waals surface area contributed by atoms with Crippen molar-refractivity contribution in [2.24, 2.45) is 0 Å². The molecular formula is C9H14O2S. The van der Waals surface area contributed by atoms with Crippen LogP contribution in [0, 0.1) is 0 Å². The predicted octanol–water partition coefficient (Wildman–Crippen LogP) is 1.70. The minimum atomic E-state index is -2.89. The van der Waals surface area contributed by atoms with Gasteiger partial charge in [-0.3, -0.25) is 0 Å². The third-order valence-electron chi connectivity index (χ3n) is 2.10. The summed E-state index contributed by atoms with van der Waals surface area (Å²) in [4.78, 5) is 0. The van der Waals surface area contributed by atoms with Gasteiger partial charge in [-0.05, 0) is 19.8 Å². The fourth-order valence-corrected chi connectivity index (χ4v) is 2.58. The van der Waals surface area contributed by atoms with Crippen LogP contribution in [0.1, 0.15) is 19.8 Å². The first-order valence-corrected chi connectivity index (χ1v) is 5.89. The summed E-state index contributed by atoms with van der Waals surface area (Å²) < 4.78 is 22.4. The van der Waals surface area contributed by atoms with E-state index >= 15 is 0 Å². The molecule has 0 aromatic carbocycles. The van der Waals surface area contributed by atoms with Crippen LogP contribution in [0.25, 0.3) is 0 Å². The summed E-state index contributed by atoms with van der Waals surface area (Å²) in [5.41, 5.74) is 2.04. The van der Waals surface area contributed by atoms with E-state index in [9.17, 15) is 8.42 Å². The summed E-state index contributed by atoms with van der Waals surface area (Å²) >= 11 is 0. The van der Waals surface area contributed by atoms with Crippen molar-refractivity contribution in [2.75, 3.05) is 6.26 Å². The predicted molar refractivity (Wildman–Crippen MR) is 50.8 cm³/mol. The van der Waals surface area contributed by atoms with Gasteiger partial charge in [0.2, 0.25) is 0 Å². The second kappa shape index (κ2) is 3.05. The molecule has 1 aliphatic rings. The zero-order valence-electron chi connectivity index (χ0n) is 7.50. The SMILES string of the molecule is C=C1C=C(C)CC(S(C)(=O)=O)C1. The third-order valence-corrected chi connectivity index (χ3v) is 3.64. The van der Waals surface area contributed by atoms with Crippen molar-refractivity contribution in [2.45, 2.75) is 25.0 Å². The lowest BCUT2D eigenvalue weighted by atomic mass is 9.97. The van der Waals surface area contributed by atoms with E-state index in [2.05, 4.69) is 6.58 Å². The van der Waals surface area contributed by atoms with Gasteiger partial charge in [-0.1, -0.05) is 23.8 Å². The Morgan fingerprint density at radius 3 is 2.50 bits per heavy atom. The quantitative estimate of drug-likeness (QED) is 0.624. The molecule has 0 aromatic heterocycles. The number of sulfone groups is 1. The zero-order chi connectivity index (χ0) is 9.35. The van der Waals surface area contributed by atoms with E-state index in [0.29, 0.717) is 12.8 Å². The van der Waals surface area contributed by atoms with Crippen LogP contribution < -0.4 is 0 Å². The van der Waals surface area contributed by atoms with Crippen LogP contribution in [0.15, 0.2) is 23.8 Å². The standard InChI is InChI=1S/C9H14O2S/c1-7-4-8(2)6-9(5-7)12(3,10)11/h4,9H,1,5-6H2,2-3H3. The van der Waals surface area contributed by atoms with Gasteiger partial charge >= 0.3 is 0 Å². The molecule has 12 heavy (non-hydrogen) atoms. The highest BCUT2D eigenvalue weighted by Gasteiger charge is 2.24. The van der Waals surface area contributed by atoms with E-state index < -0.39 is 9.84 Å². The molecule has 68 valence electrons. The molecule has 0 aliphatic heterocycles. The van der Waals surface area contributed by atoms with E-state index in [-0.39, 0.29) is 5.25 Å². The molecule has 3 heteroatoms. The third kappa shape index (κ3) is 2.21. The Morgan fingerprint density at radius 1 is 1.50 bits per heavy atom. The van der Waals surface area contributed by atoms with Crippen molar-refractivity contribution in [3.05, 3.63) is 23.8 Å². The minimum Gasteiger partial charge on any atom is -0.229 e. The number of hydrogen-bond donors (Lipinski definition) is 0. The van der Waals surface area contributed by atoms with Gasteiger partial charge in [0.15, 0.2) is 9.84 Å². The van der Waals surface area contributed by atoms with Crippen molar-refractivity contribution in [1.29, 1.82) is 0 Å². The maximum absolute atomic E-state index is 11.2. The van der Waals surface area contributed by atoms with Crippen molar-refractivity contribution in [3.8, 4) is 0 Å². The highest BCUT2D eigenvalue weighted by Crippen LogP contribution is 2.25. The maximum atomic E-state index is 11.2. The Hall–Kier alpha value is -0.570. The van der Waals surface area contributed by atoms with E-state index in [1.165, 1.54) is 6.26 Å². The number of hydrogen-bond acceptors (Lipinski definition) is 2. The zero-order valence-corrected chi connectivity index (χ0v) is 8.32. The van der Waals surface area contributed by atoms with Crippen molar-refractivity contribution in [1.82, 2.24) is 0 Å². The minimum absolute atomic E-state index is 0.241. The van der Waals surface area contributed by atoms with Crippen LogP contribution >= 0.6 is 0 Å². The fourth-order valence-electron chi connectivity index (χ4n) is 1.49. The topological polar surface area (TPSA) is 34.1 Å². The lowest BCUT2D eigenvalue weighted by Gasteiger charge is -2.20. The van der Waals surface area contributed by atoms with Gasteiger partial charge in [0.05, 0.1) is 5.25 Å². The monoisotopic (exact) mass is 186 g/mol. The van der Waals surface area contributed by atoms with Gasteiger partial charge in [-0.2, -0.15) is 0 Å². The molecule has 0 saturated heterocycles. The summed E-state index contributed by atoms with van der Waals surface area (Å²) in [5, 5.41) is -0.241. The maximum Gasteiger partial charge on any atom is 0.150 e. The molecule has 1 aliphatic carbocycles. The highest BCUT2D eigenvalue weighted by atomic mass is 32.2. The number of allylic oxidation sites excluding steroid dienone is 3. The highest BCUT2D eigenvalue weighted by molar-refractivity contribution is 7.91. The van der Waals surface area contributed by atoms with E-state index in [4.69, 9.17) is 0 Å². The Morgan fingerprint density at radius 2 is 2.08 bits per heavy atom. The van der Waals surface area contributed by atoms with Crippen LogP contribution in [0.4, 0.5) is 0 Å². The Kier molecular flexibility index (Phi) is 2.42. The lowest BCUT2D eigenvalue weighted by Crippen LogP contribution is -2.23. The molecule has 0 saturated carbocycles.